The van der Waals surface area contributed by atoms with Gasteiger partial charge in [0.25, 0.3) is 0 Å². The largest absolute Gasteiger partial charge is 0.388 e. The first-order valence-corrected chi connectivity index (χ1v) is 4.03. The van der Waals surface area contributed by atoms with E-state index in [4.69, 9.17) is 9.63 Å². The van der Waals surface area contributed by atoms with Crippen molar-refractivity contribution in [2.24, 2.45) is 0 Å². The SMILES string of the molecule is Cc1noc(CO)c1C(C)(C)C. The van der Waals surface area contributed by atoms with Crippen LogP contribution in [0.15, 0.2) is 4.52 Å². The number of aliphatic hydroxyl groups excluding tert-OH is 1. The van der Waals surface area contributed by atoms with Crippen molar-refractivity contribution < 1.29 is 9.63 Å². The Morgan fingerprint density at radius 1 is 1.42 bits per heavy atom. The van der Waals surface area contributed by atoms with Crippen LogP contribution in [0.4, 0.5) is 0 Å². The van der Waals surface area contributed by atoms with Gasteiger partial charge in [-0.1, -0.05) is 25.9 Å². The van der Waals surface area contributed by atoms with E-state index in [1.807, 2.05) is 6.92 Å². The van der Waals surface area contributed by atoms with Gasteiger partial charge in [-0.3, -0.25) is 0 Å². The lowest BCUT2D eigenvalue weighted by atomic mass is 9.85. The van der Waals surface area contributed by atoms with Crippen LogP contribution < -0.4 is 0 Å². The zero-order chi connectivity index (χ0) is 9.35. The molecule has 0 radical (unpaired) electrons. The highest BCUT2D eigenvalue weighted by Gasteiger charge is 2.24. The van der Waals surface area contributed by atoms with Crippen LogP contribution >= 0.6 is 0 Å². The van der Waals surface area contributed by atoms with Gasteiger partial charge in [0.15, 0.2) is 5.76 Å². The number of aliphatic hydroxyl groups is 1. The number of hydrogen-bond donors (Lipinski definition) is 1. The molecule has 1 heterocycles. The van der Waals surface area contributed by atoms with Crippen molar-refractivity contribution in [1.29, 1.82) is 0 Å². The van der Waals surface area contributed by atoms with Crippen LogP contribution in [0.25, 0.3) is 0 Å². The average molecular weight is 169 g/mol. The molecule has 0 unspecified atom stereocenters. The van der Waals surface area contributed by atoms with Crippen LogP contribution in [0.3, 0.4) is 0 Å². The lowest BCUT2D eigenvalue weighted by Crippen LogP contribution is -2.14. The number of aryl methyl sites for hydroxylation is 1. The van der Waals surface area contributed by atoms with E-state index in [1.165, 1.54) is 0 Å². The maximum absolute atomic E-state index is 8.96. The molecular formula is C9H15NO2. The summed E-state index contributed by atoms with van der Waals surface area (Å²) in [6.07, 6.45) is 0. The lowest BCUT2D eigenvalue weighted by Gasteiger charge is -2.17. The van der Waals surface area contributed by atoms with Crippen molar-refractivity contribution in [1.82, 2.24) is 5.16 Å². The van der Waals surface area contributed by atoms with Gasteiger partial charge in [-0.2, -0.15) is 0 Å². The number of nitrogens with zero attached hydrogens (tertiary/aromatic N) is 1. The molecule has 12 heavy (non-hydrogen) atoms. The van der Waals surface area contributed by atoms with Gasteiger partial charge in [-0.05, 0) is 12.3 Å². The Morgan fingerprint density at radius 3 is 2.33 bits per heavy atom. The van der Waals surface area contributed by atoms with Gasteiger partial charge >= 0.3 is 0 Å². The molecule has 1 aromatic heterocycles. The first-order chi connectivity index (χ1) is 5.46. The highest BCUT2D eigenvalue weighted by molar-refractivity contribution is 5.28. The molecule has 1 N–H and O–H groups in total. The van der Waals surface area contributed by atoms with Crippen LogP contribution in [0.2, 0.25) is 0 Å². The summed E-state index contributed by atoms with van der Waals surface area (Å²) in [5.74, 6) is 0.583. The minimum atomic E-state index is -0.0759. The fourth-order valence-electron chi connectivity index (χ4n) is 1.49. The van der Waals surface area contributed by atoms with E-state index >= 15 is 0 Å². The molecule has 0 aliphatic carbocycles. The van der Waals surface area contributed by atoms with Gasteiger partial charge in [0.2, 0.25) is 0 Å². The molecule has 0 fully saturated rings. The molecule has 3 heteroatoms. The molecule has 0 spiro atoms. The van der Waals surface area contributed by atoms with E-state index in [-0.39, 0.29) is 12.0 Å². The average Bonchev–Trinajstić information content (AvgIpc) is 2.29. The molecule has 0 bridgehead atoms. The third-order valence-corrected chi connectivity index (χ3v) is 1.83. The lowest BCUT2D eigenvalue weighted by molar-refractivity contribution is 0.225. The molecule has 0 amide bonds. The van der Waals surface area contributed by atoms with Crippen molar-refractivity contribution in [2.45, 2.75) is 39.7 Å². The van der Waals surface area contributed by atoms with Crippen LogP contribution in [0, 0.1) is 6.92 Å². The van der Waals surface area contributed by atoms with Crippen molar-refractivity contribution in [2.75, 3.05) is 0 Å². The van der Waals surface area contributed by atoms with Crippen molar-refractivity contribution in [3.63, 3.8) is 0 Å². The van der Waals surface area contributed by atoms with Gasteiger partial charge in [-0.15, -0.1) is 0 Å². The molecule has 0 aliphatic heterocycles. The van der Waals surface area contributed by atoms with Gasteiger partial charge in [0.05, 0.1) is 5.69 Å². The van der Waals surface area contributed by atoms with Crippen molar-refractivity contribution in [3.05, 3.63) is 17.0 Å². The van der Waals surface area contributed by atoms with E-state index in [2.05, 4.69) is 25.9 Å². The molecule has 1 aromatic rings. The standard InChI is InChI=1S/C9H15NO2/c1-6-8(9(2,3)4)7(5-11)12-10-6/h11H,5H2,1-4H3. The molecule has 0 aromatic carbocycles. The molecule has 0 aliphatic rings. The summed E-state index contributed by atoms with van der Waals surface area (Å²) in [5.41, 5.74) is 1.87. The fourth-order valence-corrected chi connectivity index (χ4v) is 1.49. The van der Waals surface area contributed by atoms with Crippen molar-refractivity contribution >= 4 is 0 Å². The van der Waals surface area contributed by atoms with E-state index in [1.54, 1.807) is 0 Å². The summed E-state index contributed by atoms with van der Waals surface area (Å²) in [5, 5.41) is 12.8. The predicted octanol–water partition coefficient (Wildman–Crippen LogP) is 1.77. The van der Waals surface area contributed by atoms with Crippen LogP contribution in [-0.4, -0.2) is 10.3 Å². The first kappa shape index (κ1) is 9.26. The Hall–Kier alpha value is -0.830. The monoisotopic (exact) mass is 169 g/mol. The second-order valence-electron chi connectivity index (χ2n) is 3.97. The third-order valence-electron chi connectivity index (χ3n) is 1.83. The van der Waals surface area contributed by atoms with Crippen LogP contribution in [-0.2, 0) is 12.0 Å². The number of rotatable bonds is 1. The first-order valence-electron chi connectivity index (χ1n) is 4.03. The fraction of sp³-hybridized carbons (Fsp3) is 0.667. The Morgan fingerprint density at radius 2 is 2.00 bits per heavy atom. The zero-order valence-corrected chi connectivity index (χ0v) is 8.01. The van der Waals surface area contributed by atoms with Gasteiger partial charge < -0.3 is 9.63 Å². The van der Waals surface area contributed by atoms with Crippen molar-refractivity contribution in [3.8, 4) is 0 Å². The number of hydrogen-bond acceptors (Lipinski definition) is 3. The number of aromatic nitrogens is 1. The van der Waals surface area contributed by atoms with Gasteiger partial charge in [0.1, 0.15) is 6.61 Å². The second-order valence-corrected chi connectivity index (χ2v) is 3.97. The molecule has 1 rings (SSSR count). The maximum Gasteiger partial charge on any atom is 0.166 e. The Kier molecular flexibility index (Phi) is 2.24. The minimum absolute atomic E-state index is 0.0118. The Balaban J connectivity index is 3.19. The molecule has 0 saturated carbocycles. The smallest absolute Gasteiger partial charge is 0.166 e. The van der Waals surface area contributed by atoms with Gasteiger partial charge in [-0.25, -0.2) is 0 Å². The molecule has 0 atom stereocenters. The van der Waals surface area contributed by atoms with Gasteiger partial charge in [0, 0.05) is 5.56 Å². The summed E-state index contributed by atoms with van der Waals surface area (Å²) in [6, 6.07) is 0. The predicted molar refractivity (Wildman–Crippen MR) is 45.9 cm³/mol. The third kappa shape index (κ3) is 1.50. The Labute approximate surface area is 72.4 Å². The molecule has 0 saturated heterocycles. The Bertz CT molecular complexity index is 271. The zero-order valence-electron chi connectivity index (χ0n) is 8.01. The van der Waals surface area contributed by atoms with Crippen LogP contribution in [0.1, 0.15) is 37.8 Å². The van der Waals surface area contributed by atoms with E-state index in [0.717, 1.165) is 11.3 Å². The summed E-state index contributed by atoms with van der Waals surface area (Å²) in [4.78, 5) is 0. The molecule has 3 nitrogen and oxygen atoms in total. The van der Waals surface area contributed by atoms with E-state index in [0.29, 0.717) is 5.76 Å². The topological polar surface area (TPSA) is 46.3 Å². The maximum atomic E-state index is 8.96. The normalized spacial score (nSPS) is 12.1. The summed E-state index contributed by atoms with van der Waals surface area (Å²) < 4.78 is 4.97. The summed E-state index contributed by atoms with van der Waals surface area (Å²) >= 11 is 0. The highest BCUT2D eigenvalue weighted by Crippen LogP contribution is 2.28. The highest BCUT2D eigenvalue weighted by atomic mass is 16.5. The second kappa shape index (κ2) is 2.90. The minimum Gasteiger partial charge on any atom is -0.388 e. The van der Waals surface area contributed by atoms with Crippen LogP contribution in [0.5, 0.6) is 0 Å². The summed E-state index contributed by atoms with van der Waals surface area (Å²) in [7, 11) is 0. The van der Waals surface area contributed by atoms with E-state index in [9.17, 15) is 0 Å². The molecule has 68 valence electrons. The molecular weight excluding hydrogens is 154 g/mol. The summed E-state index contributed by atoms with van der Waals surface area (Å²) in [6.45, 7) is 8.04. The quantitative estimate of drug-likeness (QED) is 0.697. The van der Waals surface area contributed by atoms with E-state index < -0.39 is 0 Å².